The second-order valence-corrected chi connectivity index (χ2v) is 4.59. The van der Waals surface area contributed by atoms with Crippen LogP contribution >= 0.6 is 0 Å². The van der Waals surface area contributed by atoms with E-state index in [1.54, 1.807) is 6.92 Å². The van der Waals surface area contributed by atoms with Gasteiger partial charge >= 0.3 is 0 Å². The topological polar surface area (TPSA) is 40.9 Å². The van der Waals surface area contributed by atoms with Crippen molar-refractivity contribution in [3.05, 3.63) is 59.7 Å². The first-order valence-corrected chi connectivity index (χ1v) is 6.28. The second-order valence-electron chi connectivity index (χ2n) is 4.59. The molecule has 0 unspecified atom stereocenters. The SMILES string of the molecule is CC(=O)CCc1ccc(-c2ccc(C#N)cc2)cc1. The molecule has 0 radical (unpaired) electrons. The smallest absolute Gasteiger partial charge is 0.130 e. The normalized spacial score (nSPS) is 9.89. The summed E-state index contributed by atoms with van der Waals surface area (Å²) in [7, 11) is 0. The van der Waals surface area contributed by atoms with Crippen LogP contribution < -0.4 is 0 Å². The summed E-state index contributed by atoms with van der Waals surface area (Å²) in [6, 6.07) is 17.9. The Labute approximate surface area is 113 Å². The molecule has 2 rings (SSSR count). The molecule has 94 valence electrons. The number of Topliss-reactive ketones (excluding diaryl/α,β-unsaturated/α-hetero) is 1. The van der Waals surface area contributed by atoms with Gasteiger partial charge in [-0.25, -0.2) is 0 Å². The molecular weight excluding hydrogens is 234 g/mol. The van der Waals surface area contributed by atoms with Crippen molar-refractivity contribution in [2.24, 2.45) is 0 Å². The maximum atomic E-state index is 10.9. The lowest BCUT2D eigenvalue weighted by molar-refractivity contribution is -0.116. The zero-order valence-electron chi connectivity index (χ0n) is 10.9. The average Bonchev–Trinajstić information content (AvgIpc) is 2.46. The molecule has 0 N–H and O–H groups in total. The molecule has 0 aliphatic carbocycles. The van der Waals surface area contributed by atoms with Crippen molar-refractivity contribution < 1.29 is 4.79 Å². The molecule has 0 atom stereocenters. The summed E-state index contributed by atoms with van der Waals surface area (Å²) < 4.78 is 0. The number of nitrogens with zero attached hydrogens (tertiary/aromatic N) is 1. The molecule has 2 heteroatoms. The molecule has 2 nitrogen and oxygen atoms in total. The van der Waals surface area contributed by atoms with Crippen molar-refractivity contribution in [3.8, 4) is 17.2 Å². The third-order valence-electron chi connectivity index (χ3n) is 3.07. The number of nitriles is 1. The summed E-state index contributed by atoms with van der Waals surface area (Å²) in [6.45, 7) is 1.62. The van der Waals surface area contributed by atoms with Crippen LogP contribution in [-0.2, 0) is 11.2 Å². The summed E-state index contributed by atoms with van der Waals surface area (Å²) >= 11 is 0. The molecule has 0 amide bonds. The molecule has 2 aromatic rings. The summed E-state index contributed by atoms with van der Waals surface area (Å²) in [6.07, 6.45) is 1.39. The lowest BCUT2D eigenvalue weighted by Gasteiger charge is -2.04. The number of hydrogen-bond acceptors (Lipinski definition) is 2. The zero-order chi connectivity index (χ0) is 13.7. The maximum Gasteiger partial charge on any atom is 0.130 e. The first kappa shape index (κ1) is 13.0. The van der Waals surface area contributed by atoms with Crippen LogP contribution in [0.2, 0.25) is 0 Å². The number of benzene rings is 2. The number of aryl methyl sites for hydroxylation is 1. The van der Waals surface area contributed by atoms with Crippen LogP contribution in [0, 0.1) is 11.3 Å². The molecule has 0 spiro atoms. The van der Waals surface area contributed by atoms with Gasteiger partial charge in [0, 0.05) is 6.42 Å². The van der Waals surface area contributed by atoms with Gasteiger partial charge in [0.15, 0.2) is 0 Å². The summed E-state index contributed by atoms with van der Waals surface area (Å²) in [5.74, 6) is 0.219. The Bertz CT molecular complexity index is 603. The van der Waals surface area contributed by atoms with Crippen molar-refractivity contribution in [1.82, 2.24) is 0 Å². The van der Waals surface area contributed by atoms with E-state index in [2.05, 4.69) is 30.3 Å². The van der Waals surface area contributed by atoms with E-state index in [9.17, 15) is 4.79 Å². The quantitative estimate of drug-likeness (QED) is 0.828. The van der Waals surface area contributed by atoms with Crippen LogP contribution in [0.15, 0.2) is 48.5 Å². The third-order valence-corrected chi connectivity index (χ3v) is 3.07. The van der Waals surface area contributed by atoms with Gasteiger partial charge < -0.3 is 4.79 Å². The van der Waals surface area contributed by atoms with E-state index in [0.717, 1.165) is 17.5 Å². The van der Waals surface area contributed by atoms with E-state index in [0.29, 0.717) is 12.0 Å². The van der Waals surface area contributed by atoms with Crippen molar-refractivity contribution in [1.29, 1.82) is 5.26 Å². The highest BCUT2D eigenvalue weighted by Crippen LogP contribution is 2.20. The van der Waals surface area contributed by atoms with Gasteiger partial charge in [0.2, 0.25) is 0 Å². The minimum absolute atomic E-state index is 0.219. The van der Waals surface area contributed by atoms with Crippen LogP contribution in [0.25, 0.3) is 11.1 Å². The molecule has 0 aliphatic heterocycles. The number of hydrogen-bond donors (Lipinski definition) is 0. The molecule has 0 saturated carbocycles. The Balaban J connectivity index is 2.13. The van der Waals surface area contributed by atoms with Gasteiger partial charge in [0.25, 0.3) is 0 Å². The van der Waals surface area contributed by atoms with Gasteiger partial charge in [0.05, 0.1) is 11.6 Å². The molecule has 2 aromatic carbocycles. The minimum Gasteiger partial charge on any atom is -0.300 e. The lowest BCUT2D eigenvalue weighted by atomic mass is 10.0. The van der Waals surface area contributed by atoms with Gasteiger partial charge in [-0.15, -0.1) is 0 Å². The van der Waals surface area contributed by atoms with Crippen LogP contribution in [-0.4, -0.2) is 5.78 Å². The van der Waals surface area contributed by atoms with E-state index in [-0.39, 0.29) is 5.78 Å². The largest absolute Gasteiger partial charge is 0.300 e. The number of ketones is 1. The monoisotopic (exact) mass is 249 g/mol. The highest BCUT2D eigenvalue weighted by molar-refractivity contribution is 5.75. The van der Waals surface area contributed by atoms with Crippen molar-refractivity contribution >= 4 is 5.78 Å². The maximum absolute atomic E-state index is 10.9. The average molecular weight is 249 g/mol. The molecule has 0 heterocycles. The summed E-state index contributed by atoms with van der Waals surface area (Å²) in [4.78, 5) is 10.9. The first-order chi connectivity index (χ1) is 9.19. The number of rotatable bonds is 4. The Morgan fingerprint density at radius 1 is 1.00 bits per heavy atom. The van der Waals surface area contributed by atoms with Crippen LogP contribution in [0.4, 0.5) is 0 Å². The Morgan fingerprint density at radius 2 is 1.53 bits per heavy atom. The fraction of sp³-hybridized carbons (Fsp3) is 0.176. The van der Waals surface area contributed by atoms with Gasteiger partial charge in [-0.05, 0) is 42.2 Å². The van der Waals surface area contributed by atoms with Crippen LogP contribution in [0.3, 0.4) is 0 Å². The molecule has 0 aromatic heterocycles. The fourth-order valence-corrected chi connectivity index (χ4v) is 1.92. The fourth-order valence-electron chi connectivity index (χ4n) is 1.92. The highest BCUT2D eigenvalue weighted by Gasteiger charge is 2.00. The first-order valence-electron chi connectivity index (χ1n) is 6.28. The molecule has 19 heavy (non-hydrogen) atoms. The highest BCUT2D eigenvalue weighted by atomic mass is 16.1. The van der Waals surface area contributed by atoms with E-state index in [1.807, 2.05) is 24.3 Å². The van der Waals surface area contributed by atoms with Crippen molar-refractivity contribution in [2.45, 2.75) is 19.8 Å². The van der Waals surface area contributed by atoms with Crippen LogP contribution in [0.5, 0.6) is 0 Å². The van der Waals surface area contributed by atoms with E-state index >= 15 is 0 Å². The number of carbonyl (C=O) groups excluding carboxylic acids is 1. The molecule has 0 fully saturated rings. The van der Waals surface area contributed by atoms with Gasteiger partial charge in [-0.3, -0.25) is 0 Å². The minimum atomic E-state index is 0.219. The van der Waals surface area contributed by atoms with Crippen molar-refractivity contribution in [3.63, 3.8) is 0 Å². The molecule has 0 aliphatic rings. The van der Waals surface area contributed by atoms with Crippen LogP contribution in [0.1, 0.15) is 24.5 Å². The zero-order valence-corrected chi connectivity index (χ0v) is 10.9. The standard InChI is InChI=1S/C17H15NO/c1-13(19)2-3-14-4-8-16(9-5-14)17-10-6-15(12-18)7-11-17/h4-11H,2-3H2,1H3. The third kappa shape index (κ3) is 3.53. The Kier molecular flexibility index (Phi) is 4.10. The second kappa shape index (κ2) is 5.97. The van der Waals surface area contributed by atoms with Gasteiger partial charge in [-0.2, -0.15) is 5.26 Å². The van der Waals surface area contributed by atoms with Gasteiger partial charge in [-0.1, -0.05) is 36.4 Å². The predicted octanol–water partition coefficient (Wildman–Crippen LogP) is 3.75. The van der Waals surface area contributed by atoms with Crippen molar-refractivity contribution in [2.75, 3.05) is 0 Å². The predicted molar refractivity (Wildman–Crippen MR) is 75.6 cm³/mol. The summed E-state index contributed by atoms with van der Waals surface area (Å²) in [5.41, 5.74) is 4.06. The van der Waals surface area contributed by atoms with Gasteiger partial charge in [0.1, 0.15) is 5.78 Å². The lowest BCUT2D eigenvalue weighted by Crippen LogP contribution is -1.93. The molecule has 0 bridgehead atoms. The molecule has 0 saturated heterocycles. The molecular formula is C17H15NO. The Morgan fingerprint density at radius 3 is 2.00 bits per heavy atom. The Hall–Kier alpha value is -2.40. The van der Waals surface area contributed by atoms with E-state index in [1.165, 1.54) is 5.56 Å². The summed E-state index contributed by atoms with van der Waals surface area (Å²) in [5, 5.41) is 8.76. The van der Waals surface area contributed by atoms with E-state index in [4.69, 9.17) is 5.26 Å². The van der Waals surface area contributed by atoms with E-state index < -0.39 is 0 Å². The number of carbonyl (C=O) groups is 1.